The highest BCUT2D eigenvalue weighted by atomic mass is 16.2. The molecule has 0 spiro atoms. The number of nitrogens with one attached hydrogen (secondary N) is 1. The summed E-state index contributed by atoms with van der Waals surface area (Å²) in [6, 6.07) is 5.99. The van der Waals surface area contributed by atoms with Gasteiger partial charge in [0.2, 0.25) is 11.8 Å². The van der Waals surface area contributed by atoms with E-state index in [2.05, 4.69) is 21.8 Å². The van der Waals surface area contributed by atoms with Crippen molar-refractivity contribution in [2.45, 2.75) is 50.5 Å². The first-order valence-corrected chi connectivity index (χ1v) is 13.5. The standard InChI is InChI=1S/C28H35N7O2/c1-2-18-9-10-30-24(14-18)31-22-15-21(29)28(32-27(22)20-7-8-20)34-12-13-35(23(16-34)19-5-6-19)26(37)17-33-11-3-4-25(33)36/h2,9-10,14-15,19-20,23H,1,3-8,11-13,16-17,29H2,(H,30,31)/t23-/m0/s1. The van der Waals surface area contributed by atoms with Crippen molar-refractivity contribution < 1.29 is 9.59 Å². The maximum atomic E-state index is 13.2. The Morgan fingerprint density at radius 2 is 2.03 bits per heavy atom. The van der Waals surface area contributed by atoms with Crippen molar-refractivity contribution in [3.63, 3.8) is 0 Å². The van der Waals surface area contributed by atoms with Crippen LogP contribution in [0.3, 0.4) is 0 Å². The number of carbonyl (C=O) groups excluding carboxylic acids is 2. The van der Waals surface area contributed by atoms with Crippen LogP contribution in [0.25, 0.3) is 6.08 Å². The van der Waals surface area contributed by atoms with E-state index in [1.54, 1.807) is 17.2 Å². The molecule has 2 saturated heterocycles. The lowest BCUT2D eigenvalue weighted by atomic mass is 10.1. The number of hydrogen-bond acceptors (Lipinski definition) is 7. The number of piperazine rings is 1. The molecule has 4 fully saturated rings. The van der Waals surface area contributed by atoms with Crippen LogP contribution < -0.4 is 16.0 Å². The Bertz CT molecular complexity index is 1220. The minimum absolute atomic E-state index is 0.0696. The summed E-state index contributed by atoms with van der Waals surface area (Å²) in [5, 5.41) is 3.43. The lowest BCUT2D eigenvalue weighted by molar-refractivity contribution is -0.140. The van der Waals surface area contributed by atoms with E-state index >= 15 is 0 Å². The highest BCUT2D eigenvalue weighted by Gasteiger charge is 2.42. The summed E-state index contributed by atoms with van der Waals surface area (Å²) in [5.41, 5.74) is 10.2. The van der Waals surface area contributed by atoms with Crippen LogP contribution in [0.1, 0.15) is 55.7 Å². The van der Waals surface area contributed by atoms with Crippen molar-refractivity contribution in [2.75, 3.05) is 48.7 Å². The number of nitrogen functional groups attached to an aromatic ring is 1. The molecule has 9 nitrogen and oxygen atoms in total. The van der Waals surface area contributed by atoms with Gasteiger partial charge < -0.3 is 25.8 Å². The molecule has 2 aliphatic carbocycles. The second kappa shape index (κ2) is 9.68. The Morgan fingerprint density at radius 3 is 2.73 bits per heavy atom. The van der Waals surface area contributed by atoms with E-state index in [1.807, 2.05) is 23.1 Å². The first kappa shape index (κ1) is 23.8. The lowest BCUT2D eigenvalue weighted by Crippen LogP contribution is -2.58. The van der Waals surface area contributed by atoms with Gasteiger partial charge in [-0.3, -0.25) is 9.59 Å². The Kier molecular flexibility index (Phi) is 6.22. The molecule has 37 heavy (non-hydrogen) atoms. The van der Waals surface area contributed by atoms with Gasteiger partial charge in [-0.1, -0.05) is 12.7 Å². The second-order valence-corrected chi connectivity index (χ2v) is 10.8. The van der Waals surface area contributed by atoms with Crippen molar-refractivity contribution in [1.82, 2.24) is 19.8 Å². The number of nitrogens with two attached hydrogens (primary N) is 1. The van der Waals surface area contributed by atoms with Gasteiger partial charge in [0.15, 0.2) is 5.82 Å². The number of nitrogens with zero attached hydrogens (tertiary/aromatic N) is 5. The molecule has 194 valence electrons. The third kappa shape index (κ3) is 4.99. The molecule has 0 unspecified atom stereocenters. The lowest BCUT2D eigenvalue weighted by Gasteiger charge is -2.43. The van der Waals surface area contributed by atoms with Gasteiger partial charge in [0, 0.05) is 44.7 Å². The SMILES string of the molecule is C=Cc1ccnc(Nc2cc(N)c(N3CCN(C(=O)CN4CCCC4=O)[C@H](C4CC4)C3)nc2C2CC2)c1. The van der Waals surface area contributed by atoms with E-state index in [0.717, 1.165) is 67.2 Å². The number of hydrogen-bond donors (Lipinski definition) is 2. The van der Waals surface area contributed by atoms with Crippen LogP contribution in [0, 0.1) is 5.92 Å². The van der Waals surface area contributed by atoms with Gasteiger partial charge in [-0.05, 0) is 61.8 Å². The van der Waals surface area contributed by atoms with Gasteiger partial charge in [0.25, 0.3) is 0 Å². The molecule has 1 atom stereocenters. The number of likely N-dealkylation sites (tertiary alicyclic amines) is 1. The summed E-state index contributed by atoms with van der Waals surface area (Å²) < 4.78 is 0. The molecule has 4 heterocycles. The van der Waals surface area contributed by atoms with E-state index in [-0.39, 0.29) is 24.4 Å². The van der Waals surface area contributed by atoms with Crippen LogP contribution in [0.4, 0.5) is 23.0 Å². The van der Waals surface area contributed by atoms with Gasteiger partial charge in [0.05, 0.1) is 29.7 Å². The van der Waals surface area contributed by atoms with Gasteiger partial charge in [-0.2, -0.15) is 0 Å². The van der Waals surface area contributed by atoms with Gasteiger partial charge in [-0.25, -0.2) is 9.97 Å². The average molecular weight is 502 g/mol. The summed E-state index contributed by atoms with van der Waals surface area (Å²) in [4.78, 5) is 40.8. The fourth-order valence-corrected chi connectivity index (χ4v) is 5.66. The Balaban J connectivity index is 1.21. The van der Waals surface area contributed by atoms with Crippen molar-refractivity contribution in [3.8, 4) is 0 Å². The number of anilines is 4. The van der Waals surface area contributed by atoms with Gasteiger partial charge in [-0.15, -0.1) is 0 Å². The van der Waals surface area contributed by atoms with Crippen LogP contribution in [0.2, 0.25) is 0 Å². The molecule has 3 N–H and O–H groups in total. The topological polar surface area (TPSA) is 108 Å². The summed E-state index contributed by atoms with van der Waals surface area (Å²) >= 11 is 0. The van der Waals surface area contributed by atoms with Crippen LogP contribution in [0.15, 0.2) is 31.0 Å². The number of rotatable bonds is 8. The smallest absolute Gasteiger partial charge is 0.242 e. The summed E-state index contributed by atoms with van der Waals surface area (Å²) in [5.74, 6) is 2.65. The molecule has 2 amide bonds. The van der Waals surface area contributed by atoms with Crippen molar-refractivity contribution >= 4 is 40.9 Å². The zero-order valence-electron chi connectivity index (χ0n) is 21.2. The van der Waals surface area contributed by atoms with E-state index in [0.29, 0.717) is 43.6 Å². The van der Waals surface area contributed by atoms with Crippen molar-refractivity contribution in [3.05, 3.63) is 42.2 Å². The Labute approximate surface area is 217 Å². The predicted octanol–water partition coefficient (Wildman–Crippen LogP) is 3.37. The maximum absolute atomic E-state index is 13.2. The number of aromatic nitrogens is 2. The fourth-order valence-electron chi connectivity index (χ4n) is 5.66. The highest BCUT2D eigenvalue weighted by molar-refractivity contribution is 5.86. The normalized spacial score (nSPS) is 21.9. The molecule has 2 saturated carbocycles. The molecule has 0 bridgehead atoms. The molecular weight excluding hydrogens is 466 g/mol. The molecule has 9 heteroatoms. The first-order valence-electron chi connectivity index (χ1n) is 13.5. The first-order chi connectivity index (χ1) is 18.0. The predicted molar refractivity (Wildman–Crippen MR) is 144 cm³/mol. The average Bonchev–Trinajstić information content (AvgIpc) is 3.83. The van der Waals surface area contributed by atoms with Gasteiger partial charge in [0.1, 0.15) is 5.82 Å². The molecular formula is C28H35N7O2. The summed E-state index contributed by atoms with van der Waals surface area (Å²) in [6.07, 6.45) is 9.49. The van der Waals surface area contributed by atoms with Crippen LogP contribution in [-0.2, 0) is 9.59 Å². The minimum Gasteiger partial charge on any atom is -0.396 e. The monoisotopic (exact) mass is 501 g/mol. The minimum atomic E-state index is 0.0696. The number of amides is 2. The van der Waals surface area contributed by atoms with Gasteiger partial charge >= 0.3 is 0 Å². The van der Waals surface area contributed by atoms with E-state index in [9.17, 15) is 9.59 Å². The third-order valence-corrected chi connectivity index (χ3v) is 8.01. The third-order valence-electron chi connectivity index (χ3n) is 8.01. The van der Waals surface area contributed by atoms with E-state index in [4.69, 9.17) is 10.7 Å². The maximum Gasteiger partial charge on any atom is 0.242 e. The quantitative estimate of drug-likeness (QED) is 0.571. The molecule has 2 aromatic heterocycles. The summed E-state index contributed by atoms with van der Waals surface area (Å²) in [7, 11) is 0. The van der Waals surface area contributed by atoms with Crippen molar-refractivity contribution in [2.24, 2.45) is 5.92 Å². The molecule has 2 aliphatic heterocycles. The largest absolute Gasteiger partial charge is 0.396 e. The number of carbonyl (C=O) groups is 2. The van der Waals surface area contributed by atoms with E-state index < -0.39 is 0 Å². The van der Waals surface area contributed by atoms with E-state index in [1.165, 1.54) is 0 Å². The Hall–Kier alpha value is -3.62. The zero-order chi connectivity index (χ0) is 25.5. The van der Waals surface area contributed by atoms with Crippen LogP contribution in [0.5, 0.6) is 0 Å². The number of pyridine rings is 2. The zero-order valence-corrected chi connectivity index (χ0v) is 21.2. The molecule has 2 aromatic rings. The van der Waals surface area contributed by atoms with Crippen LogP contribution >= 0.6 is 0 Å². The molecule has 6 rings (SSSR count). The fraction of sp³-hybridized carbons (Fsp3) is 0.500. The second-order valence-electron chi connectivity index (χ2n) is 10.8. The molecule has 4 aliphatic rings. The highest BCUT2D eigenvalue weighted by Crippen LogP contribution is 2.45. The molecule has 0 aromatic carbocycles. The summed E-state index contributed by atoms with van der Waals surface area (Å²) in [6.45, 7) is 6.77. The van der Waals surface area contributed by atoms with Crippen molar-refractivity contribution in [1.29, 1.82) is 0 Å². The van der Waals surface area contributed by atoms with Crippen LogP contribution in [-0.4, -0.2) is 70.3 Å². The Morgan fingerprint density at radius 1 is 1.19 bits per heavy atom. The molecule has 0 radical (unpaired) electrons.